The van der Waals surface area contributed by atoms with Gasteiger partial charge in [-0.3, -0.25) is 4.79 Å². The molecule has 1 aromatic heterocycles. The van der Waals surface area contributed by atoms with Crippen LogP contribution >= 0.6 is 11.3 Å². The molecule has 0 spiro atoms. The number of methoxy groups -OCH3 is 1. The molecule has 1 aliphatic rings. The standard InChI is InChI=1S/C25H25NO4S/c1-16-8-13-20-21(14-16)31-24(23(20)25(28)29-2)26-22(27)15-30-19-11-9-18(10-12-19)17-6-4-3-5-7-17/h3-7,9-12,16H,8,13-15H2,1-2H3,(H,26,27). The molecule has 4 rings (SSSR count). The maximum Gasteiger partial charge on any atom is 0.341 e. The second-order valence-electron chi connectivity index (χ2n) is 7.77. The van der Waals surface area contributed by atoms with Gasteiger partial charge in [0.15, 0.2) is 6.61 Å². The molecule has 1 atom stereocenters. The van der Waals surface area contributed by atoms with Crippen molar-refractivity contribution in [3.63, 3.8) is 0 Å². The molecule has 0 fully saturated rings. The van der Waals surface area contributed by atoms with Crippen LogP contribution in [-0.2, 0) is 22.4 Å². The van der Waals surface area contributed by atoms with Crippen molar-refractivity contribution in [3.8, 4) is 16.9 Å². The molecule has 5 nitrogen and oxygen atoms in total. The Hall–Kier alpha value is -3.12. The van der Waals surface area contributed by atoms with E-state index < -0.39 is 5.97 Å². The van der Waals surface area contributed by atoms with Gasteiger partial charge in [0.2, 0.25) is 0 Å². The molecule has 0 aliphatic heterocycles. The van der Waals surface area contributed by atoms with E-state index in [2.05, 4.69) is 12.2 Å². The normalized spacial score (nSPS) is 15.1. The Balaban J connectivity index is 1.42. The first kappa shape index (κ1) is 21.1. The van der Waals surface area contributed by atoms with Crippen LogP contribution in [-0.4, -0.2) is 25.6 Å². The predicted octanol–water partition coefficient (Wildman–Crippen LogP) is 5.34. The minimum absolute atomic E-state index is 0.135. The van der Waals surface area contributed by atoms with Crippen LogP contribution in [0.3, 0.4) is 0 Å². The van der Waals surface area contributed by atoms with Gasteiger partial charge in [0.25, 0.3) is 5.91 Å². The van der Waals surface area contributed by atoms with Gasteiger partial charge in [0, 0.05) is 4.88 Å². The fourth-order valence-electron chi connectivity index (χ4n) is 3.84. The third-order valence-corrected chi connectivity index (χ3v) is 6.66. The zero-order chi connectivity index (χ0) is 21.8. The number of hydrogen-bond donors (Lipinski definition) is 1. The number of ether oxygens (including phenoxy) is 2. The summed E-state index contributed by atoms with van der Waals surface area (Å²) in [6, 6.07) is 17.7. The number of hydrogen-bond acceptors (Lipinski definition) is 5. The van der Waals surface area contributed by atoms with Gasteiger partial charge in [-0.15, -0.1) is 11.3 Å². The number of carbonyl (C=O) groups is 2. The van der Waals surface area contributed by atoms with Crippen molar-refractivity contribution >= 4 is 28.2 Å². The Morgan fingerprint density at radius 2 is 1.77 bits per heavy atom. The smallest absolute Gasteiger partial charge is 0.341 e. The van der Waals surface area contributed by atoms with Crippen molar-refractivity contribution in [1.29, 1.82) is 0 Å². The van der Waals surface area contributed by atoms with Crippen molar-refractivity contribution in [2.75, 3.05) is 19.0 Å². The summed E-state index contributed by atoms with van der Waals surface area (Å²) in [4.78, 5) is 26.1. The van der Waals surface area contributed by atoms with E-state index in [9.17, 15) is 9.59 Å². The van der Waals surface area contributed by atoms with Crippen LogP contribution in [0, 0.1) is 5.92 Å². The second kappa shape index (κ2) is 9.35. The summed E-state index contributed by atoms with van der Waals surface area (Å²) in [5.74, 6) is 0.480. The monoisotopic (exact) mass is 435 g/mol. The third-order valence-electron chi connectivity index (χ3n) is 5.49. The highest BCUT2D eigenvalue weighted by Gasteiger charge is 2.28. The highest BCUT2D eigenvalue weighted by Crippen LogP contribution is 2.40. The van der Waals surface area contributed by atoms with E-state index in [1.165, 1.54) is 18.4 Å². The molecule has 6 heteroatoms. The number of rotatable bonds is 6. The molecule has 0 radical (unpaired) electrons. The number of nitrogens with one attached hydrogen (secondary N) is 1. The summed E-state index contributed by atoms with van der Waals surface area (Å²) in [6.45, 7) is 2.07. The SMILES string of the molecule is COC(=O)c1c(NC(=O)COc2ccc(-c3ccccc3)cc2)sc2c1CCC(C)C2. The Labute approximate surface area is 186 Å². The van der Waals surface area contributed by atoms with Gasteiger partial charge in [-0.25, -0.2) is 4.79 Å². The van der Waals surface area contributed by atoms with E-state index in [0.717, 1.165) is 40.8 Å². The summed E-state index contributed by atoms with van der Waals surface area (Å²) in [7, 11) is 1.37. The van der Waals surface area contributed by atoms with Gasteiger partial charge in [0.1, 0.15) is 10.8 Å². The van der Waals surface area contributed by atoms with Crippen molar-refractivity contribution in [1.82, 2.24) is 0 Å². The largest absolute Gasteiger partial charge is 0.484 e. The van der Waals surface area contributed by atoms with Crippen LogP contribution in [0.2, 0.25) is 0 Å². The molecule has 160 valence electrons. The Kier molecular flexibility index (Phi) is 6.37. The molecule has 1 unspecified atom stereocenters. The lowest BCUT2D eigenvalue weighted by molar-refractivity contribution is -0.118. The van der Waals surface area contributed by atoms with E-state index in [-0.39, 0.29) is 12.5 Å². The highest BCUT2D eigenvalue weighted by atomic mass is 32.1. The number of benzene rings is 2. The molecule has 2 aromatic carbocycles. The highest BCUT2D eigenvalue weighted by molar-refractivity contribution is 7.17. The van der Waals surface area contributed by atoms with Crippen molar-refractivity contribution < 1.29 is 19.1 Å². The molecule has 3 aromatic rings. The Bertz CT molecular complexity index is 1070. The lowest BCUT2D eigenvalue weighted by Gasteiger charge is -2.18. The molecule has 31 heavy (non-hydrogen) atoms. The number of fused-ring (bicyclic) bond motifs is 1. The first-order valence-corrected chi connectivity index (χ1v) is 11.2. The number of amides is 1. The lowest BCUT2D eigenvalue weighted by atomic mass is 9.88. The summed E-state index contributed by atoms with van der Waals surface area (Å²) in [6.07, 6.45) is 2.78. The summed E-state index contributed by atoms with van der Waals surface area (Å²) < 4.78 is 10.6. The average Bonchev–Trinajstić information content (AvgIpc) is 3.14. The third kappa shape index (κ3) is 4.80. The fraction of sp³-hybridized carbons (Fsp3) is 0.280. The first-order chi connectivity index (χ1) is 15.0. The predicted molar refractivity (Wildman–Crippen MR) is 123 cm³/mol. The van der Waals surface area contributed by atoms with Crippen molar-refractivity contribution in [2.45, 2.75) is 26.2 Å². The molecule has 1 aliphatic carbocycles. The van der Waals surface area contributed by atoms with Gasteiger partial charge in [-0.2, -0.15) is 0 Å². The number of thiophene rings is 1. The fourth-order valence-corrected chi connectivity index (χ4v) is 5.26. The van der Waals surface area contributed by atoms with Crippen LogP contribution in [0.25, 0.3) is 11.1 Å². The van der Waals surface area contributed by atoms with E-state index in [1.807, 2.05) is 54.6 Å². The zero-order valence-corrected chi connectivity index (χ0v) is 18.5. The Morgan fingerprint density at radius 3 is 2.48 bits per heavy atom. The molecular formula is C25H25NO4S. The van der Waals surface area contributed by atoms with Gasteiger partial charge < -0.3 is 14.8 Å². The van der Waals surface area contributed by atoms with Gasteiger partial charge in [-0.1, -0.05) is 49.4 Å². The molecular weight excluding hydrogens is 410 g/mol. The maximum atomic E-state index is 12.5. The molecule has 1 N–H and O–H groups in total. The molecule has 1 amide bonds. The minimum atomic E-state index is -0.403. The zero-order valence-electron chi connectivity index (χ0n) is 17.6. The first-order valence-electron chi connectivity index (χ1n) is 10.4. The maximum absolute atomic E-state index is 12.5. The molecule has 1 heterocycles. The Morgan fingerprint density at radius 1 is 1.06 bits per heavy atom. The van der Waals surface area contributed by atoms with Crippen LogP contribution in [0.1, 0.15) is 34.1 Å². The van der Waals surface area contributed by atoms with Gasteiger partial charge in [0.05, 0.1) is 12.7 Å². The number of carbonyl (C=O) groups excluding carboxylic acids is 2. The van der Waals surface area contributed by atoms with Gasteiger partial charge in [-0.05, 0) is 54.0 Å². The van der Waals surface area contributed by atoms with E-state index >= 15 is 0 Å². The van der Waals surface area contributed by atoms with Crippen molar-refractivity contribution in [3.05, 3.63) is 70.6 Å². The summed E-state index contributed by atoms with van der Waals surface area (Å²) in [5, 5.41) is 3.41. The lowest BCUT2D eigenvalue weighted by Crippen LogP contribution is -2.21. The minimum Gasteiger partial charge on any atom is -0.484 e. The summed E-state index contributed by atoms with van der Waals surface area (Å²) in [5.41, 5.74) is 3.72. The molecule has 0 bridgehead atoms. The number of anilines is 1. The summed E-state index contributed by atoms with van der Waals surface area (Å²) >= 11 is 1.47. The van der Waals surface area contributed by atoms with Gasteiger partial charge >= 0.3 is 5.97 Å². The van der Waals surface area contributed by atoms with Crippen LogP contribution in [0.5, 0.6) is 5.75 Å². The van der Waals surface area contributed by atoms with E-state index in [0.29, 0.717) is 22.2 Å². The average molecular weight is 436 g/mol. The molecule has 0 saturated carbocycles. The van der Waals surface area contributed by atoms with Crippen LogP contribution in [0.4, 0.5) is 5.00 Å². The van der Waals surface area contributed by atoms with Crippen LogP contribution in [0.15, 0.2) is 54.6 Å². The quantitative estimate of drug-likeness (QED) is 0.531. The second-order valence-corrected chi connectivity index (χ2v) is 8.88. The van der Waals surface area contributed by atoms with Crippen LogP contribution < -0.4 is 10.1 Å². The van der Waals surface area contributed by atoms with E-state index in [4.69, 9.17) is 9.47 Å². The topological polar surface area (TPSA) is 64.6 Å². The van der Waals surface area contributed by atoms with Crippen molar-refractivity contribution in [2.24, 2.45) is 5.92 Å². The molecule has 0 saturated heterocycles. The number of esters is 1. The van der Waals surface area contributed by atoms with E-state index in [1.54, 1.807) is 0 Å².